The maximum Gasteiger partial charge on any atom is 0.410 e. The summed E-state index contributed by atoms with van der Waals surface area (Å²) in [5.74, 6) is 1.10. The molecule has 0 unspecified atom stereocenters. The van der Waals surface area contributed by atoms with E-state index in [0.29, 0.717) is 24.5 Å². The van der Waals surface area contributed by atoms with Gasteiger partial charge in [0.15, 0.2) is 0 Å². The summed E-state index contributed by atoms with van der Waals surface area (Å²) in [5, 5.41) is 3.05. The molecule has 2 aliphatic rings. The highest BCUT2D eigenvalue weighted by Crippen LogP contribution is 2.41. The lowest BCUT2D eigenvalue weighted by Crippen LogP contribution is -2.51. The van der Waals surface area contributed by atoms with Crippen molar-refractivity contribution in [2.45, 2.75) is 83.5 Å². The first-order chi connectivity index (χ1) is 14.2. The molecule has 1 aliphatic carbocycles. The number of nitrogens with zero attached hydrogens (tertiary/aromatic N) is 4. The first kappa shape index (κ1) is 22.3. The van der Waals surface area contributed by atoms with Crippen LogP contribution in [0.25, 0.3) is 0 Å². The molecule has 30 heavy (non-hydrogen) atoms. The van der Waals surface area contributed by atoms with Crippen molar-refractivity contribution in [3.63, 3.8) is 0 Å². The highest BCUT2D eigenvalue weighted by Gasteiger charge is 2.46. The number of carbonyl (C=O) groups is 2. The zero-order valence-electron chi connectivity index (χ0n) is 18.8. The van der Waals surface area contributed by atoms with Gasteiger partial charge in [0.25, 0.3) is 0 Å². The Kier molecular flexibility index (Phi) is 6.83. The minimum atomic E-state index is -0.551. The summed E-state index contributed by atoms with van der Waals surface area (Å²) in [6.07, 6.45) is 8.50. The fraction of sp³-hybridized carbons (Fsp3) is 0.727. The number of rotatable bonds is 5. The Morgan fingerprint density at radius 3 is 2.60 bits per heavy atom. The zero-order valence-corrected chi connectivity index (χ0v) is 18.8. The van der Waals surface area contributed by atoms with Crippen LogP contribution in [0, 0.1) is 5.92 Å². The Balaban J connectivity index is 1.64. The van der Waals surface area contributed by atoms with E-state index in [-0.39, 0.29) is 18.0 Å². The molecule has 1 saturated carbocycles. The smallest absolute Gasteiger partial charge is 0.410 e. The maximum absolute atomic E-state index is 13.2. The van der Waals surface area contributed by atoms with Crippen molar-refractivity contribution in [1.29, 1.82) is 0 Å². The van der Waals surface area contributed by atoms with Crippen molar-refractivity contribution in [2.75, 3.05) is 18.5 Å². The van der Waals surface area contributed by atoms with E-state index >= 15 is 0 Å². The molecule has 0 aromatic carbocycles. The maximum atomic E-state index is 13.2. The van der Waals surface area contributed by atoms with Crippen molar-refractivity contribution >= 4 is 17.9 Å². The van der Waals surface area contributed by atoms with Gasteiger partial charge in [-0.1, -0.05) is 12.8 Å². The van der Waals surface area contributed by atoms with Crippen LogP contribution < -0.4 is 10.2 Å². The number of aromatic nitrogens is 2. The number of carbonyl (C=O) groups excluding carboxylic acids is 2. The number of fused-ring (bicyclic) bond motifs is 1. The molecule has 3 rings (SSSR count). The zero-order chi connectivity index (χ0) is 21.9. The number of anilines is 1. The van der Waals surface area contributed by atoms with Gasteiger partial charge in [0.1, 0.15) is 11.6 Å². The van der Waals surface area contributed by atoms with E-state index in [1.54, 1.807) is 25.5 Å². The van der Waals surface area contributed by atoms with E-state index in [1.807, 2.05) is 27.7 Å². The van der Waals surface area contributed by atoms with E-state index in [1.165, 1.54) is 17.7 Å². The highest BCUT2D eigenvalue weighted by atomic mass is 16.6. The largest absolute Gasteiger partial charge is 0.444 e. The van der Waals surface area contributed by atoms with Gasteiger partial charge in [0.2, 0.25) is 11.9 Å². The second-order valence-corrected chi connectivity index (χ2v) is 9.50. The van der Waals surface area contributed by atoms with Crippen molar-refractivity contribution in [1.82, 2.24) is 20.2 Å². The van der Waals surface area contributed by atoms with Gasteiger partial charge in [-0.15, -0.1) is 0 Å². The topological polar surface area (TPSA) is 87.7 Å². The fourth-order valence-corrected chi connectivity index (χ4v) is 4.42. The standard InChI is InChI=1S/C22H35N5O3/c1-15(26(5)21(29)30-22(2,3)4)14-25-19(28)18-13-16-9-6-7-10-17(16)27(18)20-23-11-8-12-24-20/h8,11-12,15-18H,6-7,9-10,13-14H2,1-5H3,(H,25,28)/t15-,16-,17-,18+/m1/s1. The molecule has 1 N–H and O–H groups in total. The van der Waals surface area contributed by atoms with E-state index < -0.39 is 11.7 Å². The van der Waals surface area contributed by atoms with Crippen LogP contribution in [0.2, 0.25) is 0 Å². The lowest BCUT2D eigenvalue weighted by Gasteiger charge is -2.33. The lowest BCUT2D eigenvalue weighted by atomic mass is 9.85. The monoisotopic (exact) mass is 417 g/mol. The van der Waals surface area contributed by atoms with Crippen LogP contribution in [0.5, 0.6) is 0 Å². The van der Waals surface area contributed by atoms with Gasteiger partial charge in [0, 0.05) is 38.1 Å². The molecule has 8 nitrogen and oxygen atoms in total. The normalized spacial score (nSPS) is 24.7. The predicted molar refractivity (Wildman–Crippen MR) is 115 cm³/mol. The number of hydrogen-bond acceptors (Lipinski definition) is 6. The van der Waals surface area contributed by atoms with Crippen molar-refractivity contribution in [3.05, 3.63) is 18.5 Å². The Morgan fingerprint density at radius 1 is 1.27 bits per heavy atom. The summed E-state index contributed by atoms with van der Waals surface area (Å²) >= 11 is 0. The fourth-order valence-electron chi connectivity index (χ4n) is 4.42. The molecular formula is C22H35N5O3. The van der Waals surface area contributed by atoms with E-state index in [2.05, 4.69) is 20.2 Å². The van der Waals surface area contributed by atoms with Crippen molar-refractivity contribution in [3.8, 4) is 0 Å². The number of amides is 2. The summed E-state index contributed by atoms with van der Waals surface area (Å²) in [4.78, 5) is 37.9. The molecule has 0 spiro atoms. The second kappa shape index (κ2) is 9.18. The highest BCUT2D eigenvalue weighted by molar-refractivity contribution is 5.85. The van der Waals surface area contributed by atoms with Crippen LogP contribution in [0.4, 0.5) is 10.7 Å². The summed E-state index contributed by atoms with van der Waals surface area (Å²) in [6.45, 7) is 7.78. The average Bonchev–Trinajstić information content (AvgIpc) is 3.10. The number of hydrogen-bond donors (Lipinski definition) is 1. The molecule has 1 aromatic heterocycles. The SMILES string of the molecule is C[C@H](CNC(=O)[C@@H]1C[C@H]2CCCC[C@H]2N1c1ncccn1)N(C)C(=O)OC(C)(C)C. The molecule has 0 radical (unpaired) electrons. The first-order valence-electron chi connectivity index (χ1n) is 11.0. The van der Waals surface area contributed by atoms with Gasteiger partial charge < -0.3 is 19.9 Å². The third-order valence-electron chi connectivity index (χ3n) is 6.09. The van der Waals surface area contributed by atoms with Gasteiger partial charge in [-0.25, -0.2) is 14.8 Å². The van der Waals surface area contributed by atoms with Gasteiger partial charge in [0.05, 0.1) is 0 Å². The van der Waals surface area contributed by atoms with E-state index in [0.717, 1.165) is 19.3 Å². The van der Waals surface area contributed by atoms with Crippen molar-refractivity contribution < 1.29 is 14.3 Å². The molecule has 2 amide bonds. The number of nitrogens with one attached hydrogen (secondary N) is 1. The third-order valence-corrected chi connectivity index (χ3v) is 6.09. The molecule has 8 heteroatoms. The summed E-state index contributed by atoms with van der Waals surface area (Å²) in [5.41, 5.74) is -0.551. The van der Waals surface area contributed by atoms with Gasteiger partial charge >= 0.3 is 6.09 Å². The summed E-state index contributed by atoms with van der Waals surface area (Å²) in [6, 6.07) is 1.65. The lowest BCUT2D eigenvalue weighted by molar-refractivity contribution is -0.122. The van der Waals surface area contributed by atoms with Crippen LogP contribution in [0.3, 0.4) is 0 Å². The molecule has 4 atom stereocenters. The Labute approximate surface area is 179 Å². The van der Waals surface area contributed by atoms with Gasteiger partial charge in [-0.3, -0.25) is 4.79 Å². The molecule has 2 heterocycles. The minimum absolute atomic E-state index is 0.0266. The Hall–Kier alpha value is -2.38. The predicted octanol–water partition coefficient (Wildman–Crippen LogP) is 2.99. The number of ether oxygens (including phenoxy) is 1. The third kappa shape index (κ3) is 5.21. The quantitative estimate of drug-likeness (QED) is 0.792. The molecule has 1 saturated heterocycles. The minimum Gasteiger partial charge on any atom is -0.444 e. The first-order valence-corrected chi connectivity index (χ1v) is 11.0. The van der Waals surface area contributed by atoms with Gasteiger partial charge in [-0.2, -0.15) is 0 Å². The number of likely N-dealkylation sites (N-methyl/N-ethyl adjacent to an activating group) is 1. The average molecular weight is 418 g/mol. The molecular weight excluding hydrogens is 382 g/mol. The molecule has 0 bridgehead atoms. The molecule has 2 fully saturated rings. The summed E-state index contributed by atoms with van der Waals surface area (Å²) in [7, 11) is 1.69. The second-order valence-electron chi connectivity index (χ2n) is 9.50. The van der Waals surface area contributed by atoms with Crippen LogP contribution in [-0.2, 0) is 9.53 Å². The molecule has 1 aromatic rings. The van der Waals surface area contributed by atoms with E-state index in [9.17, 15) is 9.59 Å². The van der Waals surface area contributed by atoms with Crippen LogP contribution in [-0.4, -0.2) is 64.2 Å². The molecule has 1 aliphatic heterocycles. The Bertz CT molecular complexity index is 736. The van der Waals surface area contributed by atoms with Crippen molar-refractivity contribution in [2.24, 2.45) is 5.92 Å². The van der Waals surface area contributed by atoms with E-state index in [4.69, 9.17) is 4.74 Å². The van der Waals surface area contributed by atoms with Crippen LogP contribution in [0.1, 0.15) is 59.8 Å². The summed E-state index contributed by atoms with van der Waals surface area (Å²) < 4.78 is 5.42. The Morgan fingerprint density at radius 2 is 1.93 bits per heavy atom. The van der Waals surface area contributed by atoms with Gasteiger partial charge in [-0.05, 0) is 58.9 Å². The molecule has 166 valence electrons. The van der Waals surface area contributed by atoms with Crippen LogP contribution in [0.15, 0.2) is 18.5 Å². The van der Waals surface area contributed by atoms with Crippen LogP contribution >= 0.6 is 0 Å².